The maximum atomic E-state index is 12.9. The van der Waals surface area contributed by atoms with Crippen LogP contribution < -0.4 is 9.47 Å². The van der Waals surface area contributed by atoms with Gasteiger partial charge in [-0.1, -0.05) is 18.5 Å². The van der Waals surface area contributed by atoms with Crippen LogP contribution >= 0.6 is 11.6 Å². The largest absolute Gasteiger partial charge is 0.493 e. The summed E-state index contributed by atoms with van der Waals surface area (Å²) in [5.74, 6) is -0.141. The molecule has 31 heavy (non-hydrogen) atoms. The lowest BCUT2D eigenvalue weighted by molar-refractivity contribution is -0.151. The van der Waals surface area contributed by atoms with Crippen molar-refractivity contribution in [3.8, 4) is 11.5 Å². The highest BCUT2D eigenvalue weighted by Gasteiger charge is 2.29. The van der Waals surface area contributed by atoms with E-state index in [0.29, 0.717) is 56.2 Å². The summed E-state index contributed by atoms with van der Waals surface area (Å²) >= 11 is 6.30. The summed E-state index contributed by atoms with van der Waals surface area (Å²) in [4.78, 5) is 40.4. The third-order valence-corrected chi connectivity index (χ3v) is 5.39. The van der Waals surface area contributed by atoms with Gasteiger partial charge in [-0.25, -0.2) is 0 Å². The van der Waals surface area contributed by atoms with Gasteiger partial charge in [0.25, 0.3) is 5.91 Å². The quantitative estimate of drug-likeness (QED) is 0.533. The number of piperidine rings is 1. The van der Waals surface area contributed by atoms with Crippen LogP contribution in [0.15, 0.2) is 12.1 Å². The van der Waals surface area contributed by atoms with E-state index in [-0.39, 0.29) is 35.3 Å². The number of ether oxygens (including phenoxy) is 3. The number of hydrogen-bond acceptors (Lipinski definition) is 6. The van der Waals surface area contributed by atoms with Crippen LogP contribution in [0.2, 0.25) is 5.02 Å². The van der Waals surface area contributed by atoms with Gasteiger partial charge < -0.3 is 24.0 Å². The number of rotatable bonds is 9. The molecule has 1 heterocycles. The van der Waals surface area contributed by atoms with E-state index in [4.69, 9.17) is 25.8 Å². The van der Waals surface area contributed by atoms with Gasteiger partial charge in [0.1, 0.15) is 0 Å². The van der Waals surface area contributed by atoms with E-state index >= 15 is 0 Å². The summed E-state index contributed by atoms with van der Waals surface area (Å²) in [6.45, 7) is 5.44. The molecule has 0 spiro atoms. The molecule has 9 heteroatoms. The molecule has 172 valence electrons. The fourth-order valence-corrected chi connectivity index (χ4v) is 3.67. The Morgan fingerprint density at radius 2 is 1.87 bits per heavy atom. The lowest BCUT2D eigenvalue weighted by Gasteiger charge is -2.32. The Morgan fingerprint density at radius 1 is 1.19 bits per heavy atom. The highest BCUT2D eigenvalue weighted by molar-refractivity contribution is 6.32. The van der Waals surface area contributed by atoms with Crippen molar-refractivity contribution in [2.24, 2.45) is 5.92 Å². The molecule has 1 aliphatic rings. The number of carbonyl (C=O) groups excluding carboxylic acids is 3. The van der Waals surface area contributed by atoms with E-state index in [1.54, 1.807) is 24.9 Å². The fourth-order valence-electron chi connectivity index (χ4n) is 3.41. The van der Waals surface area contributed by atoms with Crippen LogP contribution in [0.3, 0.4) is 0 Å². The Bertz CT molecular complexity index is 792. The monoisotopic (exact) mass is 454 g/mol. The Labute approximate surface area is 188 Å². The number of esters is 1. The zero-order valence-corrected chi connectivity index (χ0v) is 19.4. The van der Waals surface area contributed by atoms with Gasteiger partial charge >= 0.3 is 5.97 Å². The van der Waals surface area contributed by atoms with Crippen LogP contribution in [0.5, 0.6) is 11.5 Å². The minimum absolute atomic E-state index is 0.0725. The first-order valence-electron chi connectivity index (χ1n) is 10.5. The number of benzene rings is 1. The lowest BCUT2D eigenvalue weighted by atomic mass is 9.97. The second kappa shape index (κ2) is 11.8. The first-order chi connectivity index (χ1) is 14.8. The summed E-state index contributed by atoms with van der Waals surface area (Å²) in [6.07, 6.45) is 1.94. The van der Waals surface area contributed by atoms with E-state index in [1.165, 1.54) is 18.1 Å². The van der Waals surface area contributed by atoms with Crippen molar-refractivity contribution in [3.63, 3.8) is 0 Å². The topological polar surface area (TPSA) is 85.4 Å². The van der Waals surface area contributed by atoms with Crippen molar-refractivity contribution in [1.82, 2.24) is 9.80 Å². The molecule has 0 N–H and O–H groups in total. The molecule has 0 saturated carbocycles. The Hall–Kier alpha value is -2.48. The molecule has 0 atom stereocenters. The molecule has 0 unspecified atom stereocenters. The molecule has 2 rings (SSSR count). The van der Waals surface area contributed by atoms with Gasteiger partial charge in [0, 0.05) is 25.7 Å². The fraction of sp³-hybridized carbons (Fsp3) is 0.591. The summed E-state index contributed by atoms with van der Waals surface area (Å²) in [5, 5.41) is 0.275. The molecule has 2 amide bonds. The van der Waals surface area contributed by atoms with Gasteiger partial charge in [-0.15, -0.1) is 0 Å². The molecule has 1 aromatic rings. The van der Waals surface area contributed by atoms with Crippen LogP contribution in [-0.2, 0) is 14.3 Å². The molecule has 0 aromatic heterocycles. The molecule has 1 fully saturated rings. The molecule has 0 radical (unpaired) electrons. The minimum Gasteiger partial charge on any atom is -0.493 e. The Morgan fingerprint density at radius 3 is 2.45 bits per heavy atom. The molecule has 1 aliphatic heterocycles. The zero-order valence-electron chi connectivity index (χ0n) is 18.6. The average Bonchev–Trinajstić information content (AvgIpc) is 2.77. The van der Waals surface area contributed by atoms with E-state index in [0.717, 1.165) is 6.42 Å². The van der Waals surface area contributed by atoms with Crippen LogP contribution in [0.4, 0.5) is 0 Å². The van der Waals surface area contributed by atoms with Gasteiger partial charge in [0.15, 0.2) is 11.5 Å². The van der Waals surface area contributed by atoms with E-state index in [2.05, 4.69) is 0 Å². The smallest absolute Gasteiger partial charge is 0.309 e. The summed E-state index contributed by atoms with van der Waals surface area (Å²) in [7, 11) is 3.04. The maximum absolute atomic E-state index is 12.9. The minimum atomic E-state index is -0.350. The average molecular weight is 455 g/mol. The SMILES string of the molecule is CCCOc1c(Cl)cc(C(=O)N(C)CC(=O)N2CCC(C(=O)OCC)CC2)cc1OC. The normalized spacial score (nSPS) is 14.2. The van der Waals surface area contributed by atoms with Crippen molar-refractivity contribution in [2.45, 2.75) is 33.1 Å². The molecular weight excluding hydrogens is 424 g/mol. The third kappa shape index (κ3) is 6.50. The van der Waals surface area contributed by atoms with Crippen LogP contribution in [-0.4, -0.2) is 74.6 Å². The molecule has 8 nitrogen and oxygen atoms in total. The number of amides is 2. The molecule has 1 saturated heterocycles. The van der Waals surface area contributed by atoms with E-state index < -0.39 is 0 Å². The van der Waals surface area contributed by atoms with Crippen molar-refractivity contribution in [1.29, 1.82) is 0 Å². The van der Waals surface area contributed by atoms with Crippen molar-refractivity contribution < 1.29 is 28.6 Å². The number of hydrogen-bond donors (Lipinski definition) is 0. The maximum Gasteiger partial charge on any atom is 0.309 e. The first kappa shape index (κ1) is 24.8. The van der Waals surface area contributed by atoms with Gasteiger partial charge in [0.2, 0.25) is 5.91 Å². The van der Waals surface area contributed by atoms with Crippen molar-refractivity contribution in [2.75, 3.05) is 47.0 Å². The second-order valence-electron chi connectivity index (χ2n) is 7.41. The molecule has 1 aromatic carbocycles. The Balaban J connectivity index is 1.98. The zero-order chi connectivity index (χ0) is 23.0. The Kier molecular flexibility index (Phi) is 9.43. The number of halogens is 1. The number of nitrogens with zero attached hydrogens (tertiary/aromatic N) is 2. The number of methoxy groups -OCH3 is 1. The van der Waals surface area contributed by atoms with Crippen molar-refractivity contribution in [3.05, 3.63) is 22.7 Å². The highest BCUT2D eigenvalue weighted by atomic mass is 35.5. The predicted octanol–water partition coefficient (Wildman–Crippen LogP) is 3.01. The van der Waals surface area contributed by atoms with Crippen LogP contribution in [0.25, 0.3) is 0 Å². The lowest BCUT2D eigenvalue weighted by Crippen LogP contribution is -2.45. The number of carbonyl (C=O) groups is 3. The van der Waals surface area contributed by atoms with Gasteiger partial charge in [-0.05, 0) is 38.3 Å². The van der Waals surface area contributed by atoms with E-state index in [1.807, 2.05) is 6.92 Å². The molecular formula is C22H31ClN2O6. The van der Waals surface area contributed by atoms with Gasteiger partial charge in [-0.2, -0.15) is 0 Å². The summed E-state index contributed by atoms with van der Waals surface area (Å²) in [5.41, 5.74) is 0.307. The van der Waals surface area contributed by atoms with Gasteiger partial charge in [0.05, 0.1) is 37.8 Å². The van der Waals surface area contributed by atoms with Crippen molar-refractivity contribution >= 4 is 29.4 Å². The van der Waals surface area contributed by atoms with Crippen LogP contribution in [0, 0.1) is 5.92 Å². The van der Waals surface area contributed by atoms with E-state index in [9.17, 15) is 14.4 Å². The standard InChI is InChI=1S/C22H31ClN2O6/c1-5-11-31-20-17(23)12-16(13-18(20)29-4)21(27)24(3)14-19(26)25-9-7-15(8-10-25)22(28)30-6-2/h12-13,15H,5-11,14H2,1-4H3. The van der Waals surface area contributed by atoms with Crippen LogP contribution in [0.1, 0.15) is 43.5 Å². The van der Waals surface area contributed by atoms with Gasteiger partial charge in [-0.3, -0.25) is 14.4 Å². The number of likely N-dealkylation sites (tertiary alicyclic amines) is 1. The first-order valence-corrected chi connectivity index (χ1v) is 10.9. The molecule has 0 aliphatic carbocycles. The second-order valence-corrected chi connectivity index (χ2v) is 7.81. The summed E-state index contributed by atoms with van der Waals surface area (Å²) in [6, 6.07) is 3.08. The molecule has 0 bridgehead atoms. The highest BCUT2D eigenvalue weighted by Crippen LogP contribution is 2.36. The predicted molar refractivity (Wildman–Crippen MR) is 117 cm³/mol. The number of likely N-dealkylation sites (N-methyl/N-ethyl adjacent to an activating group) is 1. The summed E-state index contributed by atoms with van der Waals surface area (Å²) < 4.78 is 16.0. The third-order valence-electron chi connectivity index (χ3n) is 5.11.